The van der Waals surface area contributed by atoms with E-state index in [2.05, 4.69) is 0 Å². The van der Waals surface area contributed by atoms with Crippen LogP contribution in [0.25, 0.3) is 66.8 Å². The van der Waals surface area contributed by atoms with E-state index >= 15 is 0 Å². The van der Waals surface area contributed by atoms with Crippen LogP contribution in [-0.4, -0.2) is 61.9 Å². The number of aromatic hydroxyl groups is 2. The first-order chi connectivity index (χ1) is 21.1. The van der Waals surface area contributed by atoms with Gasteiger partial charge in [-0.1, -0.05) is 0 Å². The summed E-state index contributed by atoms with van der Waals surface area (Å²) in [6.45, 7) is 0. The van der Waals surface area contributed by atoms with Gasteiger partial charge in [0.15, 0.2) is 10.9 Å². The summed E-state index contributed by atoms with van der Waals surface area (Å²) < 4.78 is 11.8. The molecule has 0 saturated heterocycles. The van der Waals surface area contributed by atoms with Crippen LogP contribution in [0.3, 0.4) is 0 Å². The summed E-state index contributed by atoms with van der Waals surface area (Å²) in [7, 11) is 0. The van der Waals surface area contributed by atoms with Crippen molar-refractivity contribution in [2.45, 2.75) is 0 Å². The van der Waals surface area contributed by atoms with Crippen LogP contribution >= 0.6 is 0 Å². The maximum Gasteiger partial charge on any atom is 0.336 e. The van der Waals surface area contributed by atoms with Crippen LogP contribution in [0, 0.1) is 0 Å². The maximum atomic E-state index is 12.9. The number of carbonyl (C=O) groups is 2. The number of phenols is 2. The predicted octanol–water partition coefficient (Wildman–Crippen LogP) is 5.87. The number of rotatable bonds is 4. The molecule has 4 N–H and O–H groups in total. The number of hydrogen-bond acceptors (Lipinski definition) is 8. The number of aromatic carboxylic acids is 2. The normalized spacial score (nSPS) is 11.2. The van der Waals surface area contributed by atoms with E-state index in [1.54, 1.807) is 0 Å². The average Bonchev–Trinajstić information content (AvgIpc) is 2.97. The Kier molecular flexibility index (Phi) is 7.20. The van der Waals surface area contributed by atoms with Crippen molar-refractivity contribution in [3.63, 3.8) is 0 Å². The van der Waals surface area contributed by atoms with E-state index in [0.29, 0.717) is 21.9 Å². The molecule has 0 fully saturated rings. The molecule has 215 valence electrons. The molecule has 3 aromatic rings. The van der Waals surface area contributed by atoms with Gasteiger partial charge in [0.25, 0.3) is 0 Å². The Morgan fingerprint density at radius 3 is 1.29 bits per heavy atom. The van der Waals surface area contributed by atoms with E-state index < -0.39 is 11.9 Å². The quantitative estimate of drug-likeness (QED) is 0.139. The van der Waals surface area contributed by atoms with Crippen LogP contribution in [0.2, 0.25) is 0 Å². The van der Waals surface area contributed by atoms with Crippen molar-refractivity contribution in [2.75, 3.05) is 0 Å². The summed E-state index contributed by atoms with van der Waals surface area (Å²) in [4.78, 5) is 50.2. The van der Waals surface area contributed by atoms with Gasteiger partial charge in [-0.2, -0.15) is 0 Å². The number of hydrogen-bond donors (Lipinski definition) is 4. The van der Waals surface area contributed by atoms with Gasteiger partial charge in [-0.05, 0) is 71.8 Å². The third-order valence-electron chi connectivity index (χ3n) is 7.51. The molecule has 11 heteroatoms. The van der Waals surface area contributed by atoms with Crippen molar-refractivity contribution in [3.05, 3.63) is 117 Å². The fourth-order valence-corrected chi connectivity index (χ4v) is 5.67. The Hall–Kier alpha value is -5.42. The minimum absolute atomic E-state index is 0. The van der Waals surface area contributed by atoms with Crippen LogP contribution in [0.15, 0.2) is 103 Å². The van der Waals surface area contributed by atoms with Crippen molar-refractivity contribution >= 4 is 63.4 Å². The van der Waals surface area contributed by atoms with Gasteiger partial charge in [-0.25, -0.2) is 9.59 Å². The van der Waals surface area contributed by atoms with Gasteiger partial charge in [0.2, 0.25) is 0 Å². The molecule has 7 rings (SSSR count). The van der Waals surface area contributed by atoms with E-state index in [1.807, 2.05) is 0 Å². The van der Waals surface area contributed by atoms with Gasteiger partial charge >= 0.3 is 11.9 Å². The molecule has 0 bridgehead atoms. The first-order valence-corrected chi connectivity index (χ1v) is 13.1. The van der Waals surface area contributed by atoms with Crippen LogP contribution in [0.5, 0.6) is 11.5 Å². The topological polar surface area (TPSA) is 175 Å². The zero-order valence-electron chi connectivity index (χ0n) is 23.3. The Balaban J connectivity index is 0.00000357. The van der Waals surface area contributed by atoms with Gasteiger partial charge in [-0.3, -0.25) is 9.59 Å². The number of phenolic OH excluding ortho intramolecular Hbond substituents is 2. The van der Waals surface area contributed by atoms with Gasteiger partial charge in [0, 0.05) is 86.8 Å². The average molecular weight is 609 g/mol. The number of carboxylic acid groups (broad SMARTS) is 2. The van der Waals surface area contributed by atoms with Gasteiger partial charge in [0.1, 0.15) is 34.2 Å². The summed E-state index contributed by atoms with van der Waals surface area (Å²) >= 11 is 0. The molecular formula is C34H18NaO10. The van der Waals surface area contributed by atoms with E-state index in [9.17, 15) is 39.6 Å². The van der Waals surface area contributed by atoms with E-state index in [-0.39, 0.29) is 108 Å². The van der Waals surface area contributed by atoms with E-state index in [0.717, 1.165) is 0 Å². The van der Waals surface area contributed by atoms with Gasteiger partial charge in [0.05, 0.1) is 11.1 Å². The van der Waals surface area contributed by atoms with Crippen LogP contribution in [-0.2, 0) is 0 Å². The monoisotopic (exact) mass is 609 g/mol. The van der Waals surface area contributed by atoms with E-state index in [1.165, 1.54) is 84.9 Å². The zero-order valence-corrected chi connectivity index (χ0v) is 25.3. The van der Waals surface area contributed by atoms with Crippen LogP contribution in [0.4, 0.5) is 0 Å². The molecule has 10 nitrogen and oxygen atoms in total. The Bertz CT molecular complexity index is 2250. The first-order valence-electron chi connectivity index (χ1n) is 13.1. The summed E-state index contributed by atoms with van der Waals surface area (Å²) in [5.41, 5.74) is 0.348. The van der Waals surface area contributed by atoms with Crippen LogP contribution in [0.1, 0.15) is 20.7 Å². The van der Waals surface area contributed by atoms with Gasteiger partial charge < -0.3 is 29.3 Å². The number of carboxylic acids is 2. The van der Waals surface area contributed by atoms with Crippen molar-refractivity contribution in [1.29, 1.82) is 0 Å². The van der Waals surface area contributed by atoms with Crippen molar-refractivity contribution < 1.29 is 38.8 Å². The van der Waals surface area contributed by atoms with Gasteiger partial charge in [-0.15, -0.1) is 0 Å². The van der Waals surface area contributed by atoms with Crippen LogP contribution < -0.4 is 10.9 Å². The number of benzene rings is 5. The first kappa shape index (κ1) is 29.6. The molecule has 45 heavy (non-hydrogen) atoms. The summed E-state index contributed by atoms with van der Waals surface area (Å²) in [5, 5.41) is 42.0. The smallest absolute Gasteiger partial charge is 0.336 e. The molecule has 0 spiro atoms. The minimum atomic E-state index is -1.37. The molecule has 0 unspecified atom stereocenters. The third kappa shape index (κ3) is 4.91. The van der Waals surface area contributed by atoms with Crippen molar-refractivity contribution in [3.8, 4) is 56.4 Å². The molecule has 2 aliphatic carbocycles. The second-order valence-corrected chi connectivity index (χ2v) is 10.2. The number of fused-ring (bicyclic) bond motifs is 4. The molecule has 1 radical (unpaired) electrons. The van der Waals surface area contributed by atoms with E-state index in [4.69, 9.17) is 8.83 Å². The third-order valence-corrected chi connectivity index (χ3v) is 7.51. The largest absolute Gasteiger partial charge is 0.508 e. The Labute approximate surface area is 274 Å². The molecule has 3 aromatic carbocycles. The summed E-state index contributed by atoms with van der Waals surface area (Å²) in [5.74, 6) is -2.78. The molecule has 4 aliphatic rings. The standard InChI is InChI=1S/C34H18O10.Na/c35-15-1-5-19-27(9-15)43-28-10-16(36)2-6-20(28)31(19)23-13-26(34(41)42)24(14-25(23)33(39)40)32-21-7-3-17(37)11-29(21)44-30-12-18(38)4-8-22(30)32;/h1-14,35,37H,(H,39,40)(H,41,42);. The fourth-order valence-electron chi connectivity index (χ4n) is 5.67. The maximum absolute atomic E-state index is 12.9. The molecular weight excluding hydrogens is 591 g/mol. The molecule has 0 saturated carbocycles. The second-order valence-electron chi connectivity index (χ2n) is 10.2. The molecule has 0 amide bonds. The molecule has 2 aliphatic heterocycles. The SMILES string of the molecule is O=C(O)c1cc(-c2c3ccc(=O)cc-3oc3cc(O)ccc23)c(C(=O)O)cc1-c1c2ccc(=O)cc-2oc2cc(O)ccc12.[Na]. The predicted molar refractivity (Wildman–Crippen MR) is 166 cm³/mol. The minimum Gasteiger partial charge on any atom is -0.508 e. The fraction of sp³-hybridized carbons (Fsp3) is 0. The Morgan fingerprint density at radius 1 is 0.511 bits per heavy atom. The molecule has 0 atom stereocenters. The zero-order chi connectivity index (χ0) is 30.9. The Morgan fingerprint density at radius 2 is 0.911 bits per heavy atom. The second kappa shape index (κ2) is 10.9. The summed E-state index contributed by atoms with van der Waals surface area (Å²) in [6.07, 6.45) is 0. The summed E-state index contributed by atoms with van der Waals surface area (Å²) in [6, 6.07) is 18.9. The molecule has 2 heterocycles. The van der Waals surface area contributed by atoms with Crippen molar-refractivity contribution in [2.24, 2.45) is 0 Å². The molecule has 0 aromatic heterocycles. The van der Waals surface area contributed by atoms with Crippen molar-refractivity contribution in [1.82, 2.24) is 0 Å².